The van der Waals surface area contributed by atoms with Gasteiger partial charge in [-0.25, -0.2) is 4.79 Å². The molecule has 8 heteroatoms. The van der Waals surface area contributed by atoms with Crippen molar-refractivity contribution in [2.24, 2.45) is 10.2 Å². The highest BCUT2D eigenvalue weighted by Gasteiger charge is 2.27. The summed E-state index contributed by atoms with van der Waals surface area (Å²) in [5, 5.41) is 10.8. The minimum atomic E-state index is -0.586. The van der Waals surface area contributed by atoms with Crippen LogP contribution in [0.15, 0.2) is 58.7 Å². The highest BCUT2D eigenvalue weighted by molar-refractivity contribution is 6.31. The molecule has 0 unspecified atom stereocenters. The summed E-state index contributed by atoms with van der Waals surface area (Å²) in [5.41, 5.74) is 4.34. The maximum absolute atomic E-state index is 12.3. The predicted octanol–water partition coefficient (Wildman–Crippen LogP) is 4.08. The van der Waals surface area contributed by atoms with Crippen LogP contribution in [0.5, 0.6) is 0 Å². The average molecular weight is 377 g/mol. The number of halogens is 2. The molecule has 2 aromatic rings. The van der Waals surface area contributed by atoms with Crippen LogP contribution in [-0.4, -0.2) is 29.4 Å². The van der Waals surface area contributed by atoms with Gasteiger partial charge in [0.2, 0.25) is 0 Å². The molecule has 1 heterocycles. The number of hydrogen-bond donors (Lipinski definition) is 1. The Hall–Kier alpha value is -2.57. The molecular weight excluding hydrogens is 363 g/mol. The first kappa shape index (κ1) is 17.3. The molecule has 0 saturated heterocycles. The molecule has 0 aliphatic carbocycles. The quantitative estimate of drug-likeness (QED) is 0.877. The van der Waals surface area contributed by atoms with Gasteiger partial charge in [-0.15, -0.1) is 10.2 Å². The van der Waals surface area contributed by atoms with Crippen LogP contribution in [0.2, 0.25) is 10.0 Å². The largest absolute Gasteiger partial charge is 0.448 e. The first-order valence-electron chi connectivity index (χ1n) is 7.49. The Morgan fingerprint density at radius 2 is 1.56 bits per heavy atom. The van der Waals surface area contributed by atoms with Crippen molar-refractivity contribution in [3.8, 4) is 0 Å². The topological polar surface area (TPSA) is 66.3 Å². The number of carbonyl (C=O) groups is 1. The Morgan fingerprint density at radius 3 is 2.12 bits per heavy atom. The van der Waals surface area contributed by atoms with Crippen molar-refractivity contribution >= 4 is 41.0 Å². The summed E-state index contributed by atoms with van der Waals surface area (Å²) in [5.74, 6) is 0.718. The molecule has 0 radical (unpaired) electrons. The van der Waals surface area contributed by atoms with Gasteiger partial charge in [-0.3, -0.25) is 5.43 Å². The van der Waals surface area contributed by atoms with Gasteiger partial charge < -0.3 is 4.74 Å². The summed E-state index contributed by atoms with van der Waals surface area (Å²) < 4.78 is 5.10. The van der Waals surface area contributed by atoms with E-state index in [0.717, 1.165) is 5.56 Å². The zero-order valence-electron chi connectivity index (χ0n) is 13.2. The lowest BCUT2D eigenvalue weighted by Gasteiger charge is -2.27. The van der Waals surface area contributed by atoms with E-state index in [1.807, 2.05) is 0 Å². The van der Waals surface area contributed by atoms with E-state index in [1.165, 1.54) is 5.01 Å². The molecule has 3 rings (SSSR count). The van der Waals surface area contributed by atoms with Crippen molar-refractivity contribution in [1.29, 1.82) is 0 Å². The molecule has 1 amide bonds. The third-order valence-corrected chi connectivity index (χ3v) is 3.85. The van der Waals surface area contributed by atoms with E-state index in [1.54, 1.807) is 55.5 Å². The van der Waals surface area contributed by atoms with Crippen LogP contribution < -0.4 is 5.43 Å². The number of hydrazine groups is 1. The second-order valence-corrected chi connectivity index (χ2v) is 5.91. The van der Waals surface area contributed by atoms with Crippen LogP contribution in [-0.2, 0) is 4.74 Å². The van der Waals surface area contributed by atoms with E-state index >= 15 is 0 Å². The number of benzene rings is 2. The normalized spacial score (nSPS) is 13.6. The molecule has 2 aromatic carbocycles. The van der Waals surface area contributed by atoms with Gasteiger partial charge in [-0.05, 0) is 55.5 Å². The fraction of sp³-hybridized carbons (Fsp3) is 0.118. The maximum Gasteiger partial charge on any atom is 0.435 e. The number of hydrogen-bond acceptors (Lipinski definition) is 5. The molecule has 1 N–H and O–H groups in total. The SMILES string of the molecule is CCOC(=O)N1NC(c2ccc(Cl)cc2)=NN=C1c1ccc(Cl)cc1. The second kappa shape index (κ2) is 7.55. The van der Waals surface area contributed by atoms with Crippen LogP contribution in [0.4, 0.5) is 4.79 Å². The molecule has 25 heavy (non-hydrogen) atoms. The summed E-state index contributed by atoms with van der Waals surface area (Å²) in [6, 6.07) is 13.9. The first-order chi connectivity index (χ1) is 12.1. The molecular formula is C17H14Cl2N4O2. The minimum absolute atomic E-state index is 0.234. The molecule has 0 atom stereocenters. The van der Waals surface area contributed by atoms with Crippen molar-refractivity contribution in [2.45, 2.75) is 6.92 Å². The minimum Gasteiger partial charge on any atom is -0.448 e. The highest BCUT2D eigenvalue weighted by Crippen LogP contribution is 2.16. The maximum atomic E-state index is 12.3. The van der Waals surface area contributed by atoms with E-state index < -0.39 is 6.09 Å². The summed E-state index contributed by atoms with van der Waals surface area (Å²) in [6.07, 6.45) is -0.586. The van der Waals surface area contributed by atoms with Crippen LogP contribution in [0.25, 0.3) is 0 Å². The smallest absolute Gasteiger partial charge is 0.435 e. The van der Waals surface area contributed by atoms with Gasteiger partial charge in [0, 0.05) is 21.2 Å². The van der Waals surface area contributed by atoms with Crippen LogP contribution in [0.1, 0.15) is 18.1 Å². The molecule has 0 saturated carbocycles. The number of nitrogens with zero attached hydrogens (tertiary/aromatic N) is 3. The van der Waals surface area contributed by atoms with E-state index in [4.69, 9.17) is 27.9 Å². The fourth-order valence-corrected chi connectivity index (χ4v) is 2.41. The first-order valence-corrected chi connectivity index (χ1v) is 8.25. The zero-order valence-corrected chi connectivity index (χ0v) is 14.8. The molecule has 128 valence electrons. The molecule has 0 fully saturated rings. The lowest BCUT2D eigenvalue weighted by molar-refractivity contribution is 0.121. The Bertz CT molecular complexity index is 833. The molecule has 1 aliphatic rings. The molecule has 0 bridgehead atoms. The Labute approximate surface area is 154 Å². The van der Waals surface area contributed by atoms with Gasteiger partial charge in [-0.2, -0.15) is 5.01 Å². The van der Waals surface area contributed by atoms with Crippen molar-refractivity contribution in [2.75, 3.05) is 6.61 Å². The number of amides is 1. The third-order valence-electron chi connectivity index (χ3n) is 3.34. The molecule has 6 nitrogen and oxygen atoms in total. The highest BCUT2D eigenvalue weighted by atomic mass is 35.5. The van der Waals surface area contributed by atoms with Gasteiger partial charge in [-0.1, -0.05) is 23.2 Å². The van der Waals surface area contributed by atoms with E-state index in [-0.39, 0.29) is 6.61 Å². The molecule has 0 spiro atoms. The summed E-state index contributed by atoms with van der Waals surface area (Å²) >= 11 is 11.8. The van der Waals surface area contributed by atoms with E-state index in [2.05, 4.69) is 15.6 Å². The summed E-state index contributed by atoms with van der Waals surface area (Å²) in [7, 11) is 0. The van der Waals surface area contributed by atoms with Gasteiger partial charge in [0.1, 0.15) is 0 Å². The number of rotatable bonds is 3. The number of amidine groups is 2. The summed E-state index contributed by atoms with van der Waals surface area (Å²) in [4.78, 5) is 12.3. The van der Waals surface area contributed by atoms with Gasteiger partial charge in [0.15, 0.2) is 11.7 Å². The number of ether oxygens (including phenoxy) is 1. The molecule has 1 aliphatic heterocycles. The predicted molar refractivity (Wildman–Crippen MR) is 98.0 cm³/mol. The van der Waals surface area contributed by atoms with Gasteiger partial charge in [0.05, 0.1) is 6.61 Å². The van der Waals surface area contributed by atoms with Crippen molar-refractivity contribution in [1.82, 2.24) is 10.4 Å². The van der Waals surface area contributed by atoms with E-state index in [0.29, 0.717) is 27.3 Å². The van der Waals surface area contributed by atoms with Gasteiger partial charge >= 0.3 is 6.09 Å². The number of nitrogens with one attached hydrogen (secondary N) is 1. The monoisotopic (exact) mass is 376 g/mol. The average Bonchev–Trinajstić information content (AvgIpc) is 2.63. The van der Waals surface area contributed by atoms with Crippen molar-refractivity contribution in [3.63, 3.8) is 0 Å². The van der Waals surface area contributed by atoms with Crippen molar-refractivity contribution < 1.29 is 9.53 Å². The Kier molecular flexibility index (Phi) is 5.21. The number of carbonyl (C=O) groups excluding carboxylic acids is 1. The second-order valence-electron chi connectivity index (χ2n) is 5.03. The molecule has 0 aromatic heterocycles. The lowest BCUT2D eigenvalue weighted by atomic mass is 10.2. The standard InChI is InChI=1S/C17H14Cl2N4O2/c1-2-25-17(24)23-16(12-5-9-14(19)10-6-12)21-20-15(22-23)11-3-7-13(18)8-4-11/h3-10H,2H2,1H3,(H,20,22). The van der Waals surface area contributed by atoms with Crippen molar-refractivity contribution in [3.05, 3.63) is 69.7 Å². The zero-order chi connectivity index (χ0) is 17.8. The van der Waals surface area contributed by atoms with Crippen LogP contribution in [0.3, 0.4) is 0 Å². The van der Waals surface area contributed by atoms with Crippen LogP contribution >= 0.6 is 23.2 Å². The van der Waals surface area contributed by atoms with Crippen LogP contribution in [0, 0.1) is 0 Å². The van der Waals surface area contributed by atoms with E-state index in [9.17, 15) is 4.79 Å². The summed E-state index contributed by atoms with van der Waals surface area (Å²) in [6.45, 7) is 1.97. The lowest BCUT2D eigenvalue weighted by Crippen LogP contribution is -2.52. The fourth-order valence-electron chi connectivity index (χ4n) is 2.16. The Morgan fingerprint density at radius 1 is 1.00 bits per heavy atom. The Balaban J connectivity index is 1.98. The van der Waals surface area contributed by atoms with Gasteiger partial charge in [0.25, 0.3) is 0 Å². The third kappa shape index (κ3) is 3.92.